The number of anilines is 2. The molecule has 0 amide bonds. The van der Waals surface area contributed by atoms with Crippen molar-refractivity contribution >= 4 is 11.6 Å². The van der Waals surface area contributed by atoms with Crippen molar-refractivity contribution in [1.82, 2.24) is 9.97 Å². The largest absolute Gasteiger partial charge is 0.439 e. The van der Waals surface area contributed by atoms with Crippen LogP contribution in [0.15, 0.2) is 36.5 Å². The number of nitrogens with zero attached hydrogens (tertiary/aromatic N) is 3. The summed E-state index contributed by atoms with van der Waals surface area (Å²) in [5.74, 6) is 1.89. The Morgan fingerprint density at radius 3 is 2.85 bits per heavy atom. The summed E-state index contributed by atoms with van der Waals surface area (Å²) in [5.41, 5.74) is 1.08. The molecule has 2 aromatic rings. The van der Waals surface area contributed by atoms with E-state index in [-0.39, 0.29) is 0 Å². The molecule has 0 fully saturated rings. The highest BCUT2D eigenvalue weighted by Crippen LogP contribution is 2.24. The van der Waals surface area contributed by atoms with Gasteiger partial charge in [-0.15, -0.1) is 0 Å². The molecular weight excluding hydrogens is 252 g/mol. The Hall–Kier alpha value is -2.30. The minimum absolute atomic E-state index is 0.537. The van der Waals surface area contributed by atoms with E-state index in [1.807, 2.05) is 43.3 Å². The van der Waals surface area contributed by atoms with Gasteiger partial charge in [-0.3, -0.25) is 0 Å². The molecule has 1 N–H and O–H groups in total. The van der Waals surface area contributed by atoms with Crippen molar-refractivity contribution in [2.45, 2.75) is 13.3 Å². The molecule has 1 heterocycles. The van der Waals surface area contributed by atoms with Crippen molar-refractivity contribution in [3.8, 4) is 11.6 Å². The number of hydrogen-bond acceptors (Lipinski definition) is 5. The zero-order valence-electron chi connectivity index (χ0n) is 12.1. The third-order valence-corrected chi connectivity index (χ3v) is 2.72. The van der Waals surface area contributed by atoms with Crippen molar-refractivity contribution in [3.63, 3.8) is 0 Å². The maximum atomic E-state index is 5.77. The van der Waals surface area contributed by atoms with Crippen LogP contribution in [0.1, 0.15) is 13.3 Å². The number of nitrogens with one attached hydrogen (secondary N) is 1. The van der Waals surface area contributed by atoms with Crippen LogP contribution in [0.4, 0.5) is 11.6 Å². The Morgan fingerprint density at radius 1 is 1.25 bits per heavy atom. The Labute approximate surface area is 119 Å². The van der Waals surface area contributed by atoms with Gasteiger partial charge >= 0.3 is 0 Å². The van der Waals surface area contributed by atoms with Crippen LogP contribution in [-0.2, 0) is 0 Å². The number of hydrogen-bond donors (Lipinski definition) is 1. The molecule has 2 rings (SSSR count). The van der Waals surface area contributed by atoms with Gasteiger partial charge in [0.05, 0.1) is 0 Å². The fraction of sp³-hybridized carbons (Fsp3) is 0.333. The molecule has 106 valence electrons. The standard InChI is InChI=1S/C15H20N4O/c1-4-9-16-15-17-10-8-14(18-15)20-13-7-5-6-12(11-13)19(2)3/h5-8,10-11H,4,9H2,1-3H3,(H,16,17,18). The summed E-state index contributed by atoms with van der Waals surface area (Å²) >= 11 is 0. The van der Waals surface area contributed by atoms with Gasteiger partial charge in [0, 0.05) is 44.7 Å². The minimum atomic E-state index is 0.537. The highest BCUT2D eigenvalue weighted by molar-refractivity contribution is 5.50. The molecule has 0 aliphatic carbocycles. The minimum Gasteiger partial charge on any atom is -0.439 e. The van der Waals surface area contributed by atoms with Crippen LogP contribution in [0, 0.1) is 0 Å². The fourth-order valence-electron chi connectivity index (χ4n) is 1.67. The molecule has 0 bridgehead atoms. The SMILES string of the molecule is CCCNc1nccc(Oc2cccc(N(C)C)c2)n1. The lowest BCUT2D eigenvalue weighted by molar-refractivity contribution is 0.462. The fourth-order valence-corrected chi connectivity index (χ4v) is 1.67. The van der Waals surface area contributed by atoms with E-state index in [1.54, 1.807) is 12.3 Å². The highest BCUT2D eigenvalue weighted by Gasteiger charge is 2.03. The molecule has 0 aliphatic heterocycles. The van der Waals surface area contributed by atoms with Gasteiger partial charge in [0.15, 0.2) is 0 Å². The number of aromatic nitrogens is 2. The quantitative estimate of drug-likeness (QED) is 0.875. The molecule has 1 aromatic carbocycles. The first kappa shape index (κ1) is 14.1. The number of benzene rings is 1. The van der Waals surface area contributed by atoms with Crippen LogP contribution < -0.4 is 15.0 Å². The molecule has 0 spiro atoms. The van der Waals surface area contributed by atoms with Crippen LogP contribution >= 0.6 is 0 Å². The molecule has 20 heavy (non-hydrogen) atoms. The predicted molar refractivity (Wildman–Crippen MR) is 81.7 cm³/mol. The van der Waals surface area contributed by atoms with Crippen LogP contribution in [0.3, 0.4) is 0 Å². The number of rotatable bonds is 6. The molecule has 0 saturated heterocycles. The summed E-state index contributed by atoms with van der Waals surface area (Å²) in [5, 5.41) is 3.14. The number of ether oxygens (including phenoxy) is 1. The lowest BCUT2D eigenvalue weighted by atomic mass is 10.3. The topological polar surface area (TPSA) is 50.3 Å². The smallest absolute Gasteiger partial charge is 0.225 e. The average molecular weight is 272 g/mol. The lowest BCUT2D eigenvalue weighted by Gasteiger charge is -2.13. The third-order valence-electron chi connectivity index (χ3n) is 2.72. The average Bonchev–Trinajstić information content (AvgIpc) is 2.46. The van der Waals surface area contributed by atoms with Gasteiger partial charge in [-0.2, -0.15) is 4.98 Å². The van der Waals surface area contributed by atoms with E-state index in [4.69, 9.17) is 4.74 Å². The van der Waals surface area contributed by atoms with Crippen LogP contribution in [0.2, 0.25) is 0 Å². The normalized spacial score (nSPS) is 10.2. The van der Waals surface area contributed by atoms with Crippen molar-refractivity contribution in [1.29, 1.82) is 0 Å². The van der Waals surface area contributed by atoms with Gasteiger partial charge < -0.3 is 15.0 Å². The van der Waals surface area contributed by atoms with E-state index in [2.05, 4.69) is 22.2 Å². The Morgan fingerprint density at radius 2 is 2.10 bits per heavy atom. The van der Waals surface area contributed by atoms with Crippen LogP contribution in [-0.4, -0.2) is 30.6 Å². The molecule has 0 radical (unpaired) electrons. The van der Waals surface area contributed by atoms with Gasteiger partial charge in [0.2, 0.25) is 11.8 Å². The van der Waals surface area contributed by atoms with E-state index >= 15 is 0 Å². The molecule has 0 saturated carbocycles. The van der Waals surface area contributed by atoms with E-state index in [0.717, 1.165) is 24.4 Å². The monoisotopic (exact) mass is 272 g/mol. The summed E-state index contributed by atoms with van der Waals surface area (Å²) in [7, 11) is 3.99. The van der Waals surface area contributed by atoms with Gasteiger partial charge in [-0.1, -0.05) is 13.0 Å². The molecule has 0 unspecified atom stereocenters. The second-order valence-corrected chi connectivity index (χ2v) is 4.64. The van der Waals surface area contributed by atoms with Crippen molar-refractivity contribution in [3.05, 3.63) is 36.5 Å². The Balaban J connectivity index is 2.11. The Bertz CT molecular complexity index is 557. The van der Waals surface area contributed by atoms with Gasteiger partial charge in [0.25, 0.3) is 0 Å². The van der Waals surface area contributed by atoms with E-state index in [1.165, 1.54) is 0 Å². The van der Waals surface area contributed by atoms with Crippen molar-refractivity contribution in [2.75, 3.05) is 30.9 Å². The zero-order valence-corrected chi connectivity index (χ0v) is 12.1. The summed E-state index contributed by atoms with van der Waals surface area (Å²) in [4.78, 5) is 10.5. The first-order valence-corrected chi connectivity index (χ1v) is 6.71. The summed E-state index contributed by atoms with van der Waals surface area (Å²) in [6.07, 6.45) is 2.72. The second kappa shape index (κ2) is 6.75. The maximum absolute atomic E-state index is 5.77. The first-order chi connectivity index (χ1) is 9.69. The predicted octanol–water partition coefficient (Wildman–Crippen LogP) is 3.16. The summed E-state index contributed by atoms with van der Waals surface area (Å²) in [6, 6.07) is 9.62. The van der Waals surface area contributed by atoms with Crippen LogP contribution in [0.25, 0.3) is 0 Å². The molecule has 0 aliphatic rings. The van der Waals surface area contributed by atoms with E-state index in [9.17, 15) is 0 Å². The van der Waals surface area contributed by atoms with Crippen molar-refractivity contribution < 1.29 is 4.74 Å². The molecular formula is C15H20N4O. The molecule has 5 heteroatoms. The first-order valence-electron chi connectivity index (χ1n) is 6.71. The Kier molecular flexibility index (Phi) is 4.76. The van der Waals surface area contributed by atoms with Gasteiger partial charge in [0.1, 0.15) is 5.75 Å². The van der Waals surface area contributed by atoms with E-state index in [0.29, 0.717) is 11.8 Å². The van der Waals surface area contributed by atoms with Crippen LogP contribution in [0.5, 0.6) is 11.6 Å². The molecule has 5 nitrogen and oxygen atoms in total. The third kappa shape index (κ3) is 3.85. The highest BCUT2D eigenvalue weighted by atomic mass is 16.5. The van der Waals surface area contributed by atoms with E-state index < -0.39 is 0 Å². The lowest BCUT2D eigenvalue weighted by Crippen LogP contribution is -2.08. The van der Waals surface area contributed by atoms with Gasteiger partial charge in [-0.05, 0) is 18.6 Å². The zero-order chi connectivity index (χ0) is 14.4. The van der Waals surface area contributed by atoms with Crippen molar-refractivity contribution in [2.24, 2.45) is 0 Å². The summed E-state index contributed by atoms with van der Waals surface area (Å²) < 4.78 is 5.77. The second-order valence-electron chi connectivity index (χ2n) is 4.64. The molecule has 0 atom stereocenters. The van der Waals surface area contributed by atoms with Gasteiger partial charge in [-0.25, -0.2) is 4.98 Å². The molecule has 1 aromatic heterocycles. The summed E-state index contributed by atoms with van der Waals surface area (Å²) in [6.45, 7) is 2.94. The maximum Gasteiger partial charge on any atom is 0.225 e.